The van der Waals surface area contributed by atoms with Gasteiger partial charge in [0.2, 0.25) is 41.4 Å². The van der Waals surface area contributed by atoms with Gasteiger partial charge < -0.3 is 97.2 Å². The van der Waals surface area contributed by atoms with Crippen LogP contribution in [0, 0.1) is 21.6 Å². The molecule has 1 saturated heterocycles. The second kappa shape index (κ2) is 36.3. The van der Waals surface area contributed by atoms with Crippen molar-refractivity contribution in [1.82, 2.24) is 63.8 Å². The van der Waals surface area contributed by atoms with Crippen molar-refractivity contribution in [3.05, 3.63) is 64.6 Å². The maximum absolute atomic E-state index is 14.2. The molecule has 0 aliphatic carbocycles. The molecular formula is C50H74N22O12S. The summed E-state index contributed by atoms with van der Waals surface area (Å²) in [5.41, 5.74) is 28.0. The summed E-state index contributed by atoms with van der Waals surface area (Å²) in [6, 6.07) is 5.48. The zero-order valence-corrected chi connectivity index (χ0v) is 47.2. The van der Waals surface area contributed by atoms with Crippen LogP contribution in [0.25, 0.3) is 6.08 Å². The number of carbonyl (C=O) groups is 11. The van der Waals surface area contributed by atoms with E-state index in [1.54, 1.807) is 24.3 Å². The van der Waals surface area contributed by atoms with Gasteiger partial charge in [0.25, 0.3) is 23.0 Å². The number of nitrogens with two attached hydrogens (primary N) is 5. The number of benzene rings is 2. The topological polar surface area (TPSA) is 579 Å². The summed E-state index contributed by atoms with van der Waals surface area (Å²) in [6.07, 6.45) is 1.69. The van der Waals surface area contributed by atoms with Crippen molar-refractivity contribution in [2.75, 3.05) is 51.2 Å². The van der Waals surface area contributed by atoms with Crippen LogP contribution in [0.1, 0.15) is 74.2 Å². The van der Waals surface area contributed by atoms with Gasteiger partial charge in [0.1, 0.15) is 36.0 Å². The molecule has 0 spiro atoms. The van der Waals surface area contributed by atoms with Crippen molar-refractivity contribution in [2.45, 2.75) is 88.5 Å². The summed E-state index contributed by atoms with van der Waals surface area (Å²) < 4.78 is 5.57. The van der Waals surface area contributed by atoms with Crippen LogP contribution in [0.15, 0.2) is 53.4 Å². The molecule has 462 valence electrons. The van der Waals surface area contributed by atoms with E-state index in [9.17, 15) is 52.7 Å². The summed E-state index contributed by atoms with van der Waals surface area (Å²) in [5.74, 6) is -8.90. The number of hydrogen-bond acceptors (Lipinski definition) is 17. The van der Waals surface area contributed by atoms with Gasteiger partial charge in [0, 0.05) is 37.4 Å². The van der Waals surface area contributed by atoms with Crippen molar-refractivity contribution in [3.8, 4) is 5.75 Å². The summed E-state index contributed by atoms with van der Waals surface area (Å²) in [7, 11) is 0. The number of carbonyl (C=O) groups excluding carboxylic acids is 11. The van der Waals surface area contributed by atoms with Crippen molar-refractivity contribution >= 4 is 112 Å². The van der Waals surface area contributed by atoms with E-state index >= 15 is 0 Å². The minimum Gasteiger partial charge on any atom is -0.484 e. The van der Waals surface area contributed by atoms with Gasteiger partial charge in [-0.05, 0) is 118 Å². The molecule has 2 aromatic rings. The van der Waals surface area contributed by atoms with Crippen molar-refractivity contribution in [1.29, 1.82) is 21.6 Å². The van der Waals surface area contributed by atoms with Crippen LogP contribution in [0.3, 0.4) is 0 Å². The van der Waals surface area contributed by atoms with E-state index in [1.807, 2.05) is 0 Å². The highest BCUT2D eigenvalue weighted by Gasteiger charge is 2.32. The zero-order chi connectivity index (χ0) is 63.0. The van der Waals surface area contributed by atoms with Gasteiger partial charge in [0.05, 0.1) is 18.0 Å². The van der Waals surface area contributed by atoms with Gasteiger partial charge in [-0.1, -0.05) is 12.1 Å². The van der Waals surface area contributed by atoms with Crippen molar-refractivity contribution in [3.63, 3.8) is 0 Å². The molecule has 1 fully saturated rings. The molecule has 2 aromatic carbocycles. The standard InChI is InChI=1S/C50H74N22O12S/c1-26(39(51)76)66-41(78)32(10-4-18-61-47(54)55)69-43(80)34(12-6-20-63-49(58)59)71-44(81)33(11-5-19-62-48(56)57)70-42(79)31(9-3-17-60-46(52)53)68-37(74)24-64-36(73)23-65-40(77)28-13-15-29(16-14-28)67-38(75)25-84-30-8-2-7-27(21-30)22-35-45(82)72-50(83)85-35/h2,7-8,13-16,21-22,26,31-34H,3-6,9-12,17-20,23-25H2,1H3,(H2,51,76)(H,64,73)(H,65,77)(H,66,78)(H,67,75)(H,68,74)(H,69,80)(H,70,79)(H,71,81)(H4,52,53,60)(H4,54,55,61)(H4,56,57,62)(H4,58,59,63)(H,72,82,83)/b35-22-/t26-,31-,32-,33-,34-/m0/s1. The highest BCUT2D eigenvalue weighted by Crippen LogP contribution is 2.26. The van der Waals surface area contributed by atoms with E-state index in [0.29, 0.717) is 17.0 Å². The first-order valence-electron chi connectivity index (χ1n) is 26.3. The molecule has 0 unspecified atom stereocenters. The van der Waals surface area contributed by atoms with E-state index in [1.165, 1.54) is 37.3 Å². The second-order valence-corrected chi connectivity index (χ2v) is 19.7. The Morgan fingerprint density at radius 3 is 1.45 bits per heavy atom. The number of nitrogens with one attached hydrogen (secondary N) is 17. The van der Waals surface area contributed by atoms with E-state index in [2.05, 4.69) is 69.1 Å². The lowest BCUT2D eigenvalue weighted by atomic mass is 10.0. The molecule has 1 aliphatic heterocycles. The van der Waals surface area contributed by atoms with Gasteiger partial charge in [-0.25, -0.2) is 0 Å². The Hall–Kier alpha value is -10.2. The molecule has 34 nitrogen and oxygen atoms in total. The summed E-state index contributed by atoms with van der Waals surface area (Å²) in [5, 5.41) is 62.0. The lowest BCUT2D eigenvalue weighted by molar-refractivity contribution is -0.135. The molecular weight excluding hydrogens is 1130 g/mol. The summed E-state index contributed by atoms with van der Waals surface area (Å²) in [6.45, 7) is -0.00734. The normalized spacial score (nSPS) is 13.7. The third-order valence-electron chi connectivity index (χ3n) is 11.7. The van der Waals surface area contributed by atoms with Crippen molar-refractivity contribution < 1.29 is 57.5 Å². The smallest absolute Gasteiger partial charge is 0.290 e. The fourth-order valence-electron chi connectivity index (χ4n) is 7.46. The van der Waals surface area contributed by atoms with Crippen LogP contribution in [0.4, 0.5) is 10.5 Å². The largest absolute Gasteiger partial charge is 0.484 e. The SMILES string of the molecule is C[C@H](NC(=O)[C@H](CCCNC(=N)N)NC(=O)[C@H](CCCNC(=N)N)NC(=O)[C@H](CCCNC(=N)N)NC(=O)[C@H](CCCNC(=N)N)NC(=O)CNC(=O)CNC(=O)c1ccc(NC(=O)COc2cccc(/C=C3\SC(=O)NC3=O)c2)cc1)C(N)=O. The van der Waals surface area contributed by atoms with Gasteiger partial charge in [-0.15, -0.1) is 0 Å². The predicted molar refractivity (Wildman–Crippen MR) is 313 cm³/mol. The Morgan fingerprint density at radius 2 is 1.01 bits per heavy atom. The Bertz CT molecular complexity index is 2820. The number of rotatable bonds is 36. The fraction of sp³-hybridized carbons (Fsp3) is 0.420. The molecule has 5 atom stereocenters. The average Bonchev–Trinajstić information content (AvgIpc) is 4.02. The lowest BCUT2D eigenvalue weighted by Crippen LogP contribution is -2.59. The lowest BCUT2D eigenvalue weighted by Gasteiger charge is -2.27. The first-order valence-corrected chi connectivity index (χ1v) is 27.2. The van der Waals surface area contributed by atoms with E-state index in [0.717, 1.165) is 11.8 Å². The number of ether oxygens (including phenoxy) is 1. The molecule has 1 aliphatic rings. The quantitative estimate of drug-likeness (QED) is 0.0131. The Kier molecular flexibility index (Phi) is 29.5. The minimum atomic E-state index is -1.43. The number of imide groups is 1. The van der Waals surface area contributed by atoms with Crippen LogP contribution < -0.4 is 103 Å². The van der Waals surface area contributed by atoms with Crippen LogP contribution in [-0.4, -0.2) is 164 Å². The molecule has 1 heterocycles. The zero-order valence-electron chi connectivity index (χ0n) is 46.4. The first kappa shape index (κ1) is 69.1. The third-order valence-corrected chi connectivity index (χ3v) is 12.5. The highest BCUT2D eigenvalue weighted by molar-refractivity contribution is 8.18. The number of primary amides is 1. The number of amides is 11. The van der Waals surface area contributed by atoms with Crippen LogP contribution >= 0.6 is 11.8 Å². The minimum absolute atomic E-state index is 0.0389. The number of thioether (sulfide) groups is 1. The van der Waals surface area contributed by atoms with Crippen LogP contribution in [-0.2, 0) is 43.2 Å². The maximum atomic E-state index is 14.2. The maximum Gasteiger partial charge on any atom is 0.290 e. The first-order chi connectivity index (χ1) is 40.3. The van der Waals surface area contributed by atoms with Gasteiger partial charge in [-0.2, -0.15) is 0 Å². The number of hydrogen-bond donors (Lipinski definition) is 22. The molecule has 0 bridgehead atoms. The van der Waals surface area contributed by atoms with E-state index in [4.69, 9.17) is 55.0 Å². The van der Waals surface area contributed by atoms with Gasteiger partial charge in [0.15, 0.2) is 30.4 Å². The molecule has 0 aromatic heterocycles. The molecule has 0 radical (unpaired) electrons. The molecule has 0 saturated carbocycles. The summed E-state index contributed by atoms with van der Waals surface area (Å²) in [4.78, 5) is 143. The van der Waals surface area contributed by atoms with Gasteiger partial charge in [-0.3, -0.25) is 79.7 Å². The Balaban J connectivity index is 1.67. The molecule has 11 amide bonds. The fourth-order valence-corrected chi connectivity index (χ4v) is 8.14. The second-order valence-electron chi connectivity index (χ2n) is 18.7. The number of anilines is 1. The summed E-state index contributed by atoms with van der Waals surface area (Å²) >= 11 is 0.759. The Morgan fingerprint density at radius 1 is 0.565 bits per heavy atom. The van der Waals surface area contributed by atoms with E-state index in [-0.39, 0.29) is 112 Å². The molecule has 35 heteroatoms. The Labute approximate surface area is 491 Å². The predicted octanol–water partition coefficient (Wildman–Crippen LogP) is -5.14. The van der Waals surface area contributed by atoms with Crippen LogP contribution in [0.2, 0.25) is 0 Å². The molecule has 27 N–H and O–H groups in total. The van der Waals surface area contributed by atoms with Crippen LogP contribution in [0.5, 0.6) is 5.75 Å². The van der Waals surface area contributed by atoms with E-state index < -0.39 is 114 Å². The average molecular weight is 1210 g/mol. The van der Waals surface area contributed by atoms with Gasteiger partial charge >= 0.3 is 0 Å². The monoisotopic (exact) mass is 1210 g/mol. The molecule has 85 heavy (non-hydrogen) atoms. The number of guanidine groups is 4. The van der Waals surface area contributed by atoms with Crippen molar-refractivity contribution in [2.24, 2.45) is 28.7 Å². The third kappa shape index (κ3) is 27.9. The molecule has 3 rings (SSSR count). The highest BCUT2D eigenvalue weighted by atomic mass is 32.2.